The zero-order valence-corrected chi connectivity index (χ0v) is 16.2. The van der Waals surface area contributed by atoms with Gasteiger partial charge in [0.2, 0.25) is 0 Å². The van der Waals surface area contributed by atoms with Gasteiger partial charge >= 0.3 is 0 Å². The SMILES string of the molecule is C=CCC[C@@H](O)[C@H](CCCCCC)O[Si](C)(C)C(C)(C)C. The van der Waals surface area contributed by atoms with Crippen LogP contribution in [0.2, 0.25) is 18.1 Å². The summed E-state index contributed by atoms with van der Waals surface area (Å²) in [4.78, 5) is 0. The smallest absolute Gasteiger partial charge is 0.192 e. The molecule has 0 heterocycles. The Balaban J connectivity index is 4.66. The van der Waals surface area contributed by atoms with Crippen molar-refractivity contribution in [2.24, 2.45) is 0 Å². The summed E-state index contributed by atoms with van der Waals surface area (Å²) in [5.41, 5.74) is 0. The van der Waals surface area contributed by atoms with Crippen molar-refractivity contribution < 1.29 is 9.53 Å². The lowest BCUT2D eigenvalue weighted by atomic mass is 10.0. The van der Waals surface area contributed by atoms with Crippen LogP contribution in [0, 0.1) is 0 Å². The summed E-state index contributed by atoms with van der Waals surface area (Å²) in [6, 6.07) is 0. The predicted molar refractivity (Wildman–Crippen MR) is 96.3 cm³/mol. The van der Waals surface area contributed by atoms with Gasteiger partial charge in [-0.15, -0.1) is 6.58 Å². The van der Waals surface area contributed by atoms with Crippen LogP contribution in [0.25, 0.3) is 0 Å². The van der Waals surface area contributed by atoms with Crippen molar-refractivity contribution in [2.45, 2.75) is 103 Å². The van der Waals surface area contributed by atoms with E-state index in [4.69, 9.17) is 4.43 Å². The number of aliphatic hydroxyl groups excluding tert-OH is 1. The van der Waals surface area contributed by atoms with Crippen molar-refractivity contribution >= 4 is 8.32 Å². The predicted octanol–water partition coefficient (Wildman–Crippen LogP) is 5.67. The van der Waals surface area contributed by atoms with E-state index in [9.17, 15) is 5.11 Å². The van der Waals surface area contributed by atoms with Crippen LogP contribution in [0.1, 0.15) is 72.6 Å². The Labute approximate surface area is 134 Å². The highest BCUT2D eigenvalue weighted by atomic mass is 28.4. The molecule has 0 aromatic heterocycles. The molecule has 3 heteroatoms. The van der Waals surface area contributed by atoms with Crippen LogP contribution in [-0.4, -0.2) is 25.6 Å². The summed E-state index contributed by atoms with van der Waals surface area (Å²) in [5, 5.41) is 10.7. The number of allylic oxidation sites excluding steroid dienone is 1. The summed E-state index contributed by atoms with van der Waals surface area (Å²) < 4.78 is 6.50. The average molecular weight is 315 g/mol. The highest BCUT2D eigenvalue weighted by Crippen LogP contribution is 2.38. The van der Waals surface area contributed by atoms with E-state index >= 15 is 0 Å². The van der Waals surface area contributed by atoms with E-state index in [0.717, 1.165) is 25.7 Å². The molecule has 2 atom stereocenters. The maximum atomic E-state index is 10.5. The minimum absolute atomic E-state index is 0.0114. The van der Waals surface area contributed by atoms with Crippen molar-refractivity contribution in [1.82, 2.24) is 0 Å². The van der Waals surface area contributed by atoms with Crippen LogP contribution < -0.4 is 0 Å². The number of unbranched alkanes of at least 4 members (excludes halogenated alkanes) is 3. The molecule has 0 aromatic carbocycles. The number of aliphatic hydroxyl groups is 1. The summed E-state index contributed by atoms with van der Waals surface area (Å²) in [7, 11) is -1.82. The second-order valence-electron chi connectivity index (χ2n) is 7.70. The number of hydrogen-bond donors (Lipinski definition) is 1. The van der Waals surface area contributed by atoms with Crippen molar-refractivity contribution in [3.8, 4) is 0 Å². The van der Waals surface area contributed by atoms with Crippen LogP contribution >= 0.6 is 0 Å². The van der Waals surface area contributed by atoms with E-state index in [1.807, 2.05) is 6.08 Å². The van der Waals surface area contributed by atoms with Crippen molar-refractivity contribution in [3.05, 3.63) is 12.7 Å². The Morgan fingerprint density at radius 1 is 1.14 bits per heavy atom. The second kappa shape index (κ2) is 9.81. The van der Waals surface area contributed by atoms with Gasteiger partial charge in [0.15, 0.2) is 8.32 Å². The van der Waals surface area contributed by atoms with Gasteiger partial charge in [-0.05, 0) is 37.4 Å². The van der Waals surface area contributed by atoms with Gasteiger partial charge in [-0.3, -0.25) is 0 Å². The molecule has 2 nitrogen and oxygen atoms in total. The van der Waals surface area contributed by atoms with Crippen molar-refractivity contribution in [3.63, 3.8) is 0 Å². The van der Waals surface area contributed by atoms with Gasteiger partial charge in [0.05, 0.1) is 12.2 Å². The monoisotopic (exact) mass is 314 g/mol. The maximum Gasteiger partial charge on any atom is 0.192 e. The molecule has 126 valence electrons. The summed E-state index contributed by atoms with van der Waals surface area (Å²) >= 11 is 0. The van der Waals surface area contributed by atoms with E-state index in [-0.39, 0.29) is 17.2 Å². The van der Waals surface area contributed by atoms with Gasteiger partial charge in [-0.25, -0.2) is 0 Å². The average Bonchev–Trinajstić information content (AvgIpc) is 2.38. The molecular formula is C18H38O2Si. The van der Waals surface area contributed by atoms with Crippen LogP contribution in [-0.2, 0) is 4.43 Å². The lowest BCUT2D eigenvalue weighted by molar-refractivity contribution is 0.0169. The number of hydrogen-bond acceptors (Lipinski definition) is 2. The zero-order chi connectivity index (χ0) is 16.5. The Bertz CT molecular complexity index is 281. The van der Waals surface area contributed by atoms with Crippen LogP contribution in [0.3, 0.4) is 0 Å². The van der Waals surface area contributed by atoms with E-state index in [0.29, 0.717) is 0 Å². The van der Waals surface area contributed by atoms with E-state index in [1.54, 1.807) is 0 Å². The van der Waals surface area contributed by atoms with Crippen LogP contribution in [0.15, 0.2) is 12.7 Å². The van der Waals surface area contributed by atoms with Crippen LogP contribution in [0.5, 0.6) is 0 Å². The molecule has 0 aliphatic heterocycles. The fourth-order valence-corrected chi connectivity index (χ4v) is 3.52. The van der Waals surface area contributed by atoms with Gasteiger partial charge < -0.3 is 9.53 Å². The molecule has 0 spiro atoms. The second-order valence-corrected chi connectivity index (χ2v) is 12.5. The first-order valence-electron chi connectivity index (χ1n) is 8.62. The number of rotatable bonds is 11. The molecule has 0 radical (unpaired) electrons. The fraction of sp³-hybridized carbons (Fsp3) is 0.889. The Morgan fingerprint density at radius 2 is 1.76 bits per heavy atom. The topological polar surface area (TPSA) is 29.5 Å². The molecule has 0 aliphatic rings. The fourth-order valence-electron chi connectivity index (χ4n) is 2.13. The third-order valence-corrected chi connectivity index (χ3v) is 9.19. The molecule has 0 bridgehead atoms. The highest BCUT2D eigenvalue weighted by molar-refractivity contribution is 6.74. The van der Waals surface area contributed by atoms with Gasteiger partial charge in [0, 0.05) is 0 Å². The molecule has 0 amide bonds. The normalized spacial score (nSPS) is 15.8. The van der Waals surface area contributed by atoms with Gasteiger partial charge in [0.1, 0.15) is 0 Å². The molecule has 0 rings (SSSR count). The Hall–Kier alpha value is -0.123. The van der Waals surface area contributed by atoms with Gasteiger partial charge in [-0.1, -0.05) is 59.5 Å². The van der Waals surface area contributed by atoms with Crippen LogP contribution in [0.4, 0.5) is 0 Å². The first-order valence-corrected chi connectivity index (χ1v) is 11.5. The molecule has 0 aliphatic carbocycles. The minimum Gasteiger partial charge on any atom is -0.411 e. The quantitative estimate of drug-likeness (QED) is 0.302. The summed E-state index contributed by atoms with van der Waals surface area (Å²) in [6.07, 6.45) is 9.00. The largest absolute Gasteiger partial charge is 0.411 e. The zero-order valence-electron chi connectivity index (χ0n) is 15.2. The third kappa shape index (κ3) is 8.17. The van der Waals surface area contributed by atoms with E-state index in [1.165, 1.54) is 19.3 Å². The first-order chi connectivity index (χ1) is 9.65. The van der Waals surface area contributed by atoms with Crippen molar-refractivity contribution in [2.75, 3.05) is 0 Å². The third-order valence-electron chi connectivity index (χ3n) is 4.69. The first kappa shape index (κ1) is 20.9. The standard InChI is InChI=1S/C18H38O2Si/c1-8-10-12-13-15-17(16(19)14-11-9-2)20-21(6,7)18(3,4)5/h9,16-17,19H,2,8,10-15H2,1,3-7H3/t16-,17+/m1/s1. The molecule has 0 aromatic rings. The van der Waals surface area contributed by atoms with Gasteiger partial charge in [-0.2, -0.15) is 0 Å². The Kier molecular flexibility index (Phi) is 9.75. The summed E-state index contributed by atoms with van der Waals surface area (Å²) in [6.45, 7) is 17.3. The van der Waals surface area contributed by atoms with E-state index in [2.05, 4.69) is 47.4 Å². The molecule has 1 N–H and O–H groups in total. The highest BCUT2D eigenvalue weighted by Gasteiger charge is 2.40. The molecular weight excluding hydrogens is 276 g/mol. The lowest BCUT2D eigenvalue weighted by Gasteiger charge is -2.40. The summed E-state index contributed by atoms with van der Waals surface area (Å²) in [5.74, 6) is 0. The molecule has 21 heavy (non-hydrogen) atoms. The van der Waals surface area contributed by atoms with Gasteiger partial charge in [0.25, 0.3) is 0 Å². The lowest BCUT2D eigenvalue weighted by Crippen LogP contribution is -2.47. The molecule has 0 fully saturated rings. The molecule has 0 saturated carbocycles. The minimum atomic E-state index is -1.82. The molecule has 0 saturated heterocycles. The Morgan fingerprint density at radius 3 is 2.24 bits per heavy atom. The molecule has 0 unspecified atom stereocenters. The van der Waals surface area contributed by atoms with E-state index < -0.39 is 8.32 Å². The van der Waals surface area contributed by atoms with Crippen molar-refractivity contribution in [1.29, 1.82) is 0 Å². The maximum absolute atomic E-state index is 10.5.